The second-order valence-electron chi connectivity index (χ2n) is 4.03. The van der Waals surface area contributed by atoms with Crippen LogP contribution in [-0.4, -0.2) is 38.7 Å². The molecule has 1 atom stereocenters. The summed E-state index contributed by atoms with van der Waals surface area (Å²) in [5.74, 6) is 0.835. The molecule has 0 heterocycles. The van der Waals surface area contributed by atoms with Crippen LogP contribution in [0.25, 0.3) is 0 Å². The molecule has 0 saturated heterocycles. The summed E-state index contributed by atoms with van der Waals surface area (Å²) in [5, 5.41) is 0. The van der Waals surface area contributed by atoms with E-state index in [1.165, 1.54) is 0 Å². The van der Waals surface area contributed by atoms with Gasteiger partial charge in [0.2, 0.25) is 0 Å². The topological polar surface area (TPSA) is 64.5 Å². The van der Waals surface area contributed by atoms with Gasteiger partial charge in [-0.05, 0) is 20.2 Å². The monoisotopic (exact) mass is 223 g/mol. The van der Waals surface area contributed by atoms with E-state index in [1.807, 2.05) is 38.4 Å². The van der Waals surface area contributed by atoms with Crippen LogP contribution >= 0.6 is 0 Å². The highest BCUT2D eigenvalue weighted by Crippen LogP contribution is 2.22. The summed E-state index contributed by atoms with van der Waals surface area (Å²) < 4.78 is 5.69. The largest absolute Gasteiger partial charge is 0.492 e. The van der Waals surface area contributed by atoms with Gasteiger partial charge < -0.3 is 21.1 Å². The third-order valence-electron chi connectivity index (χ3n) is 2.37. The third-order valence-corrected chi connectivity index (χ3v) is 2.37. The number of hydrogen-bond acceptors (Lipinski definition) is 4. The van der Waals surface area contributed by atoms with Crippen molar-refractivity contribution in [2.24, 2.45) is 11.5 Å². The standard InChI is InChI=1S/C12H21N3O/c1-15(2)7-8-16-12-6-4-3-5-10(12)11(14)9-13/h3-6,11H,7-9,13-14H2,1-2H3/t11-/m1/s1. The second-order valence-corrected chi connectivity index (χ2v) is 4.03. The maximum atomic E-state index is 5.91. The first-order valence-corrected chi connectivity index (χ1v) is 5.47. The predicted molar refractivity (Wildman–Crippen MR) is 66.5 cm³/mol. The molecule has 4 N–H and O–H groups in total. The summed E-state index contributed by atoms with van der Waals surface area (Å²) in [6.07, 6.45) is 0. The lowest BCUT2D eigenvalue weighted by atomic mass is 10.1. The molecule has 4 heteroatoms. The smallest absolute Gasteiger partial charge is 0.124 e. The number of benzene rings is 1. The van der Waals surface area contributed by atoms with Gasteiger partial charge in [-0.25, -0.2) is 0 Å². The van der Waals surface area contributed by atoms with Crippen molar-refractivity contribution in [3.05, 3.63) is 29.8 Å². The first-order chi connectivity index (χ1) is 7.65. The summed E-state index contributed by atoms with van der Waals surface area (Å²) in [7, 11) is 4.03. The maximum absolute atomic E-state index is 5.91. The van der Waals surface area contributed by atoms with Gasteiger partial charge in [-0.1, -0.05) is 18.2 Å². The van der Waals surface area contributed by atoms with Crippen molar-refractivity contribution in [1.29, 1.82) is 0 Å². The van der Waals surface area contributed by atoms with Gasteiger partial charge in [0.1, 0.15) is 12.4 Å². The van der Waals surface area contributed by atoms with Crippen LogP contribution in [0.3, 0.4) is 0 Å². The molecule has 0 unspecified atom stereocenters. The highest BCUT2D eigenvalue weighted by molar-refractivity contribution is 5.35. The fourth-order valence-corrected chi connectivity index (χ4v) is 1.38. The molecule has 0 bridgehead atoms. The van der Waals surface area contributed by atoms with E-state index >= 15 is 0 Å². The SMILES string of the molecule is CN(C)CCOc1ccccc1[C@H](N)CN. The van der Waals surface area contributed by atoms with Crippen molar-refractivity contribution < 1.29 is 4.74 Å². The van der Waals surface area contributed by atoms with Gasteiger partial charge in [0, 0.05) is 24.7 Å². The van der Waals surface area contributed by atoms with Crippen LogP contribution in [0.1, 0.15) is 11.6 Å². The number of nitrogens with zero attached hydrogens (tertiary/aromatic N) is 1. The summed E-state index contributed by atoms with van der Waals surface area (Å²) in [4.78, 5) is 2.07. The van der Waals surface area contributed by atoms with Crippen LogP contribution in [0.5, 0.6) is 5.75 Å². The Bertz CT molecular complexity index is 315. The van der Waals surface area contributed by atoms with Gasteiger partial charge >= 0.3 is 0 Å². The van der Waals surface area contributed by atoms with Gasteiger partial charge in [-0.3, -0.25) is 0 Å². The maximum Gasteiger partial charge on any atom is 0.124 e. The Labute approximate surface area is 97.2 Å². The van der Waals surface area contributed by atoms with Crippen LogP contribution in [0.2, 0.25) is 0 Å². The zero-order valence-electron chi connectivity index (χ0n) is 10.0. The molecule has 16 heavy (non-hydrogen) atoms. The molecule has 0 aliphatic rings. The first-order valence-electron chi connectivity index (χ1n) is 5.47. The van der Waals surface area contributed by atoms with E-state index in [0.29, 0.717) is 13.2 Å². The van der Waals surface area contributed by atoms with Crippen LogP contribution in [0.4, 0.5) is 0 Å². The molecule has 0 amide bonds. The summed E-state index contributed by atoms with van der Waals surface area (Å²) in [5.41, 5.74) is 12.4. The van der Waals surface area contributed by atoms with E-state index in [4.69, 9.17) is 16.2 Å². The highest BCUT2D eigenvalue weighted by Gasteiger charge is 2.09. The fraction of sp³-hybridized carbons (Fsp3) is 0.500. The van der Waals surface area contributed by atoms with Crippen molar-refractivity contribution in [3.63, 3.8) is 0 Å². The lowest BCUT2D eigenvalue weighted by molar-refractivity contribution is 0.258. The van der Waals surface area contributed by atoms with Gasteiger partial charge in [0.05, 0.1) is 0 Å². The summed E-state index contributed by atoms with van der Waals surface area (Å²) in [6, 6.07) is 7.63. The number of hydrogen-bond donors (Lipinski definition) is 2. The van der Waals surface area contributed by atoms with Crippen molar-refractivity contribution >= 4 is 0 Å². The number of likely N-dealkylation sites (N-methyl/N-ethyl adjacent to an activating group) is 1. The van der Waals surface area contributed by atoms with Crippen molar-refractivity contribution in [1.82, 2.24) is 4.90 Å². The molecule has 0 aromatic heterocycles. The molecule has 0 spiro atoms. The molecule has 0 aliphatic heterocycles. The highest BCUT2D eigenvalue weighted by atomic mass is 16.5. The Hall–Kier alpha value is -1.10. The van der Waals surface area contributed by atoms with Crippen LogP contribution in [0, 0.1) is 0 Å². The zero-order chi connectivity index (χ0) is 12.0. The second kappa shape index (κ2) is 6.48. The molecular weight excluding hydrogens is 202 g/mol. The summed E-state index contributed by atoms with van der Waals surface area (Å²) >= 11 is 0. The molecule has 1 aromatic rings. The van der Waals surface area contributed by atoms with Crippen molar-refractivity contribution in [3.8, 4) is 5.75 Å². The molecule has 0 fully saturated rings. The Kier molecular flexibility index (Phi) is 5.25. The van der Waals surface area contributed by atoms with Gasteiger partial charge in [-0.15, -0.1) is 0 Å². The number of para-hydroxylation sites is 1. The van der Waals surface area contributed by atoms with Crippen molar-refractivity contribution in [2.75, 3.05) is 33.8 Å². The van der Waals surface area contributed by atoms with Gasteiger partial charge in [-0.2, -0.15) is 0 Å². The lowest BCUT2D eigenvalue weighted by Gasteiger charge is -2.16. The van der Waals surface area contributed by atoms with Crippen LogP contribution in [0.15, 0.2) is 24.3 Å². The normalized spacial score (nSPS) is 12.8. The minimum absolute atomic E-state index is 0.157. The molecule has 0 radical (unpaired) electrons. The average molecular weight is 223 g/mol. The molecule has 4 nitrogen and oxygen atoms in total. The van der Waals surface area contributed by atoms with E-state index in [0.717, 1.165) is 17.9 Å². The molecule has 1 rings (SSSR count). The van der Waals surface area contributed by atoms with Crippen LogP contribution < -0.4 is 16.2 Å². The van der Waals surface area contributed by atoms with Gasteiger partial charge in [0.25, 0.3) is 0 Å². The van der Waals surface area contributed by atoms with Crippen LogP contribution in [-0.2, 0) is 0 Å². The van der Waals surface area contributed by atoms with E-state index in [2.05, 4.69) is 4.90 Å². The third kappa shape index (κ3) is 3.81. The molecule has 90 valence electrons. The molecule has 0 aliphatic carbocycles. The number of rotatable bonds is 6. The Balaban J connectivity index is 2.64. The Morgan fingerprint density at radius 1 is 1.31 bits per heavy atom. The number of nitrogens with two attached hydrogens (primary N) is 2. The lowest BCUT2D eigenvalue weighted by Crippen LogP contribution is -2.23. The first kappa shape index (κ1) is 13.0. The van der Waals surface area contributed by atoms with E-state index < -0.39 is 0 Å². The van der Waals surface area contributed by atoms with E-state index in [9.17, 15) is 0 Å². The minimum atomic E-state index is -0.157. The Morgan fingerprint density at radius 2 is 2.00 bits per heavy atom. The average Bonchev–Trinajstić information content (AvgIpc) is 2.28. The zero-order valence-corrected chi connectivity index (χ0v) is 10.0. The fourth-order valence-electron chi connectivity index (χ4n) is 1.38. The quantitative estimate of drug-likeness (QED) is 0.740. The molecule has 1 aromatic carbocycles. The minimum Gasteiger partial charge on any atom is -0.492 e. The number of ether oxygens (including phenoxy) is 1. The predicted octanol–water partition coefficient (Wildman–Crippen LogP) is 0.586. The molecule has 0 saturated carbocycles. The van der Waals surface area contributed by atoms with Crippen molar-refractivity contribution in [2.45, 2.75) is 6.04 Å². The van der Waals surface area contributed by atoms with Gasteiger partial charge in [0.15, 0.2) is 0 Å². The van der Waals surface area contributed by atoms with E-state index in [-0.39, 0.29) is 6.04 Å². The Morgan fingerprint density at radius 3 is 2.62 bits per heavy atom. The summed E-state index contributed by atoms with van der Waals surface area (Å²) in [6.45, 7) is 1.96. The molecular formula is C12H21N3O. The van der Waals surface area contributed by atoms with E-state index in [1.54, 1.807) is 0 Å².